The molecule has 2 aromatic carbocycles. The number of likely N-dealkylation sites (tertiary alicyclic amines) is 1. The number of para-hydroxylation sites is 1. The fourth-order valence-corrected chi connectivity index (χ4v) is 4.55. The van der Waals surface area contributed by atoms with Gasteiger partial charge in [0.05, 0.1) is 38.0 Å². The molecule has 192 valence electrons. The number of ketones is 1. The van der Waals surface area contributed by atoms with Crippen LogP contribution < -0.4 is 9.47 Å². The van der Waals surface area contributed by atoms with Gasteiger partial charge in [-0.15, -0.1) is 0 Å². The van der Waals surface area contributed by atoms with E-state index in [9.17, 15) is 19.1 Å². The average Bonchev–Trinajstić information content (AvgIpc) is 3.13. The minimum Gasteiger partial charge on any atom is -0.507 e. The normalized spacial score (nSPS) is 20.2. The number of aliphatic hydroxyl groups excluding tert-OH is 1. The summed E-state index contributed by atoms with van der Waals surface area (Å²) in [6.45, 7) is 7.03. The number of hydrogen-bond acceptors (Lipinski definition) is 7. The summed E-state index contributed by atoms with van der Waals surface area (Å²) in [5, 5.41) is 11.2. The first kappa shape index (κ1) is 25.7. The van der Waals surface area contributed by atoms with Gasteiger partial charge < -0.3 is 24.2 Å². The molecule has 0 bridgehead atoms. The van der Waals surface area contributed by atoms with Crippen molar-refractivity contribution in [1.82, 2.24) is 9.80 Å². The molecule has 0 aromatic heterocycles. The van der Waals surface area contributed by atoms with Crippen molar-refractivity contribution in [3.8, 4) is 11.5 Å². The van der Waals surface area contributed by atoms with Crippen molar-refractivity contribution in [3.05, 3.63) is 65.0 Å². The molecule has 1 atom stereocenters. The first-order valence-corrected chi connectivity index (χ1v) is 12.0. The van der Waals surface area contributed by atoms with E-state index in [0.717, 1.165) is 19.2 Å². The molecule has 0 spiro atoms. The monoisotopic (exact) mass is 498 g/mol. The molecule has 4 rings (SSSR count). The molecule has 0 radical (unpaired) electrons. The number of benzene rings is 2. The van der Waals surface area contributed by atoms with E-state index in [1.165, 1.54) is 24.1 Å². The van der Waals surface area contributed by atoms with Gasteiger partial charge in [-0.05, 0) is 38.1 Å². The number of rotatable bonds is 8. The predicted molar refractivity (Wildman–Crippen MR) is 131 cm³/mol. The Morgan fingerprint density at radius 2 is 1.83 bits per heavy atom. The Hall–Kier alpha value is -3.43. The second-order valence-corrected chi connectivity index (χ2v) is 9.00. The van der Waals surface area contributed by atoms with E-state index >= 15 is 0 Å². The highest BCUT2D eigenvalue weighted by Crippen LogP contribution is 2.42. The van der Waals surface area contributed by atoms with Gasteiger partial charge in [-0.25, -0.2) is 4.39 Å². The molecule has 36 heavy (non-hydrogen) atoms. The molecule has 1 amide bonds. The van der Waals surface area contributed by atoms with Gasteiger partial charge >= 0.3 is 0 Å². The van der Waals surface area contributed by atoms with Crippen LogP contribution in [-0.2, 0) is 14.3 Å². The zero-order valence-corrected chi connectivity index (χ0v) is 20.7. The lowest BCUT2D eigenvalue weighted by molar-refractivity contribution is -0.140. The third-order valence-corrected chi connectivity index (χ3v) is 6.30. The molecule has 0 unspecified atom stereocenters. The maximum absolute atomic E-state index is 14.7. The fourth-order valence-electron chi connectivity index (χ4n) is 4.55. The number of halogens is 1. The van der Waals surface area contributed by atoms with Crippen LogP contribution in [0.1, 0.15) is 31.0 Å². The Balaban J connectivity index is 1.76. The maximum Gasteiger partial charge on any atom is 0.295 e. The molecule has 0 aliphatic carbocycles. The van der Waals surface area contributed by atoms with E-state index in [-0.39, 0.29) is 29.5 Å². The van der Waals surface area contributed by atoms with Crippen LogP contribution in [0, 0.1) is 5.82 Å². The molecular formula is C27H31FN2O6. The summed E-state index contributed by atoms with van der Waals surface area (Å²) < 4.78 is 31.1. The summed E-state index contributed by atoms with van der Waals surface area (Å²) >= 11 is 0. The van der Waals surface area contributed by atoms with Gasteiger partial charge in [0.25, 0.3) is 11.7 Å². The van der Waals surface area contributed by atoms with E-state index in [1.54, 1.807) is 38.1 Å². The average molecular weight is 499 g/mol. The number of methoxy groups -OCH3 is 1. The molecule has 9 heteroatoms. The number of hydrogen-bond donors (Lipinski definition) is 1. The number of Topliss-reactive ketones (excluding diaryl/α,β-unsaturated/α-hetero) is 1. The maximum atomic E-state index is 14.7. The van der Waals surface area contributed by atoms with Crippen molar-refractivity contribution in [2.45, 2.75) is 26.0 Å². The van der Waals surface area contributed by atoms with Gasteiger partial charge in [0.15, 0.2) is 11.6 Å². The second kappa shape index (κ2) is 11.1. The standard InChI is InChI=1S/C27H31FN2O6/c1-17(2)36-22-9-8-18(16-20(22)28)25(31)23-24(19-6-4-5-7-21(19)34-3)30(27(33)26(23)32)11-10-29-12-14-35-15-13-29/h4-9,16-17,24,31H,10-15H2,1-3H3/b25-23+/t24-/m1/s1. The Bertz CT molecular complexity index is 1160. The summed E-state index contributed by atoms with van der Waals surface area (Å²) in [5.41, 5.74) is 0.529. The topological polar surface area (TPSA) is 88.5 Å². The van der Waals surface area contributed by atoms with Crippen molar-refractivity contribution >= 4 is 17.4 Å². The molecule has 2 saturated heterocycles. The SMILES string of the molecule is COc1ccccc1[C@@H]1/C(=C(\O)c2ccc(OC(C)C)c(F)c2)C(=O)C(=O)N1CCN1CCOCC1. The number of nitrogens with zero attached hydrogens (tertiary/aromatic N) is 2. The molecule has 2 fully saturated rings. The van der Waals surface area contributed by atoms with Gasteiger partial charge in [-0.2, -0.15) is 0 Å². The van der Waals surface area contributed by atoms with Gasteiger partial charge in [0, 0.05) is 37.3 Å². The minimum atomic E-state index is -0.892. The first-order valence-electron chi connectivity index (χ1n) is 12.0. The molecule has 2 aromatic rings. The van der Waals surface area contributed by atoms with Gasteiger partial charge in [0.1, 0.15) is 11.5 Å². The van der Waals surface area contributed by atoms with Crippen LogP contribution in [-0.4, -0.2) is 79.2 Å². The number of morpholine rings is 1. The van der Waals surface area contributed by atoms with Crippen molar-refractivity contribution in [3.63, 3.8) is 0 Å². The summed E-state index contributed by atoms with van der Waals surface area (Å²) in [6.07, 6.45) is -0.235. The second-order valence-electron chi connectivity index (χ2n) is 9.00. The van der Waals surface area contributed by atoms with E-state index < -0.39 is 29.3 Å². The molecule has 2 aliphatic heterocycles. The van der Waals surface area contributed by atoms with Gasteiger partial charge in [0.2, 0.25) is 0 Å². The number of amides is 1. The Labute approximate surface area is 209 Å². The van der Waals surface area contributed by atoms with Crippen LogP contribution in [0.5, 0.6) is 11.5 Å². The predicted octanol–water partition coefficient (Wildman–Crippen LogP) is 3.38. The molecule has 0 saturated carbocycles. The van der Waals surface area contributed by atoms with Crippen LogP contribution in [0.4, 0.5) is 4.39 Å². The van der Waals surface area contributed by atoms with E-state index in [2.05, 4.69) is 4.90 Å². The largest absolute Gasteiger partial charge is 0.507 e. The summed E-state index contributed by atoms with van der Waals surface area (Å²) in [7, 11) is 1.50. The van der Waals surface area contributed by atoms with E-state index in [1.807, 2.05) is 0 Å². The number of aliphatic hydroxyl groups is 1. The Morgan fingerprint density at radius 3 is 2.50 bits per heavy atom. The third kappa shape index (κ3) is 5.22. The van der Waals surface area contributed by atoms with Crippen molar-refractivity contribution < 1.29 is 33.3 Å². The minimum absolute atomic E-state index is 0.0359. The lowest BCUT2D eigenvalue weighted by Crippen LogP contribution is -2.42. The fraction of sp³-hybridized carbons (Fsp3) is 0.407. The smallest absolute Gasteiger partial charge is 0.295 e. The van der Waals surface area contributed by atoms with Crippen molar-refractivity contribution in [1.29, 1.82) is 0 Å². The summed E-state index contributed by atoms with van der Waals surface area (Å²) in [4.78, 5) is 30.1. The van der Waals surface area contributed by atoms with E-state index in [4.69, 9.17) is 14.2 Å². The highest BCUT2D eigenvalue weighted by molar-refractivity contribution is 6.46. The Kier molecular flexibility index (Phi) is 7.91. The third-order valence-electron chi connectivity index (χ3n) is 6.30. The lowest BCUT2D eigenvalue weighted by atomic mass is 9.94. The number of ether oxygens (including phenoxy) is 3. The summed E-state index contributed by atoms with van der Waals surface area (Å²) in [6, 6.07) is 10.1. The Morgan fingerprint density at radius 1 is 1.11 bits per heavy atom. The van der Waals surface area contributed by atoms with Crippen LogP contribution in [0.25, 0.3) is 5.76 Å². The van der Waals surface area contributed by atoms with Gasteiger partial charge in [-0.1, -0.05) is 18.2 Å². The molecule has 2 heterocycles. The molecule has 2 aliphatic rings. The highest BCUT2D eigenvalue weighted by Gasteiger charge is 2.47. The quantitative estimate of drug-likeness (QED) is 0.339. The van der Waals surface area contributed by atoms with Gasteiger partial charge in [-0.3, -0.25) is 14.5 Å². The molecular weight excluding hydrogens is 467 g/mol. The number of carbonyl (C=O) groups is 2. The van der Waals surface area contributed by atoms with Crippen LogP contribution in [0.2, 0.25) is 0 Å². The number of carbonyl (C=O) groups excluding carboxylic acids is 2. The van der Waals surface area contributed by atoms with Crippen LogP contribution in [0.15, 0.2) is 48.0 Å². The van der Waals surface area contributed by atoms with Crippen molar-refractivity contribution in [2.24, 2.45) is 0 Å². The zero-order chi connectivity index (χ0) is 25.8. The highest BCUT2D eigenvalue weighted by atomic mass is 19.1. The zero-order valence-electron chi connectivity index (χ0n) is 20.7. The van der Waals surface area contributed by atoms with Crippen molar-refractivity contribution in [2.75, 3.05) is 46.5 Å². The lowest BCUT2D eigenvalue weighted by Gasteiger charge is -2.31. The van der Waals surface area contributed by atoms with Crippen LogP contribution in [0.3, 0.4) is 0 Å². The van der Waals surface area contributed by atoms with E-state index in [0.29, 0.717) is 31.1 Å². The molecule has 8 nitrogen and oxygen atoms in total. The first-order chi connectivity index (χ1) is 17.3. The molecule has 1 N–H and O–H groups in total. The summed E-state index contributed by atoms with van der Waals surface area (Å²) in [5.74, 6) is -2.17. The van der Waals surface area contributed by atoms with Crippen LogP contribution >= 0.6 is 0 Å².